The maximum atomic E-state index is 9.09. The Hall–Kier alpha value is 0.01000. The fraction of sp³-hybridized carbons (Fsp3) is 0.538. The first-order chi connectivity index (χ1) is 7.79. The monoisotopic (exact) mass is 300 g/mol. The van der Waals surface area contributed by atoms with Crippen molar-refractivity contribution in [2.45, 2.75) is 48.9 Å². The van der Waals surface area contributed by atoms with E-state index < -0.39 is 0 Å². The van der Waals surface area contributed by atoms with Crippen molar-refractivity contribution in [2.24, 2.45) is 0 Å². The minimum Gasteiger partial charge on any atom is -0.392 e. The number of thioether (sulfide) groups is 1. The molecule has 1 fully saturated rings. The first-order valence-corrected chi connectivity index (χ1v) is 7.53. The van der Waals surface area contributed by atoms with E-state index in [1.165, 1.54) is 37.0 Å². The lowest BCUT2D eigenvalue weighted by Gasteiger charge is -2.21. The normalized spacial score (nSPS) is 17.6. The standard InChI is InChI=1S/C13H17BrOS/c14-13-8-12(7-6-10(13)9-15)16-11-4-2-1-3-5-11/h6-8,11,15H,1-5,9H2. The van der Waals surface area contributed by atoms with Gasteiger partial charge in [0.1, 0.15) is 0 Å². The summed E-state index contributed by atoms with van der Waals surface area (Å²) < 4.78 is 1.02. The van der Waals surface area contributed by atoms with Gasteiger partial charge in [0, 0.05) is 14.6 Å². The van der Waals surface area contributed by atoms with E-state index in [9.17, 15) is 0 Å². The maximum Gasteiger partial charge on any atom is 0.0692 e. The third kappa shape index (κ3) is 3.25. The largest absolute Gasteiger partial charge is 0.392 e. The van der Waals surface area contributed by atoms with Crippen LogP contribution in [0.2, 0.25) is 0 Å². The van der Waals surface area contributed by atoms with Crippen LogP contribution in [0.4, 0.5) is 0 Å². The molecule has 1 aromatic rings. The van der Waals surface area contributed by atoms with E-state index in [0.717, 1.165) is 15.3 Å². The van der Waals surface area contributed by atoms with Crippen LogP contribution >= 0.6 is 27.7 Å². The van der Waals surface area contributed by atoms with Crippen molar-refractivity contribution in [3.63, 3.8) is 0 Å². The molecule has 1 saturated carbocycles. The van der Waals surface area contributed by atoms with Crippen LogP contribution in [-0.2, 0) is 6.61 Å². The van der Waals surface area contributed by atoms with Gasteiger partial charge in [-0.05, 0) is 30.5 Å². The molecule has 1 aliphatic carbocycles. The maximum absolute atomic E-state index is 9.09. The lowest BCUT2D eigenvalue weighted by molar-refractivity contribution is 0.281. The summed E-state index contributed by atoms with van der Waals surface area (Å²) in [6.07, 6.45) is 6.87. The predicted molar refractivity (Wildman–Crippen MR) is 72.8 cm³/mol. The molecule has 0 aliphatic heterocycles. The van der Waals surface area contributed by atoms with Crippen molar-refractivity contribution in [2.75, 3.05) is 0 Å². The van der Waals surface area contributed by atoms with Crippen molar-refractivity contribution in [3.8, 4) is 0 Å². The van der Waals surface area contributed by atoms with Gasteiger partial charge in [-0.3, -0.25) is 0 Å². The first kappa shape index (κ1) is 12.5. The molecule has 0 amide bonds. The van der Waals surface area contributed by atoms with Crippen LogP contribution in [-0.4, -0.2) is 10.4 Å². The first-order valence-electron chi connectivity index (χ1n) is 5.85. The molecule has 0 bridgehead atoms. The Morgan fingerprint density at radius 1 is 1.25 bits per heavy atom. The molecule has 0 unspecified atom stereocenters. The summed E-state index contributed by atoms with van der Waals surface area (Å²) in [5.41, 5.74) is 0.966. The van der Waals surface area contributed by atoms with Crippen LogP contribution in [0.5, 0.6) is 0 Å². The molecule has 1 aliphatic rings. The second kappa shape index (κ2) is 6.08. The van der Waals surface area contributed by atoms with Gasteiger partial charge in [0.15, 0.2) is 0 Å². The summed E-state index contributed by atoms with van der Waals surface area (Å²) >= 11 is 5.49. The molecular formula is C13H17BrOS. The second-order valence-corrected chi connectivity index (χ2v) is 6.52. The van der Waals surface area contributed by atoms with Crippen molar-refractivity contribution in [1.82, 2.24) is 0 Å². The number of halogens is 1. The van der Waals surface area contributed by atoms with Crippen LogP contribution in [0.15, 0.2) is 27.6 Å². The van der Waals surface area contributed by atoms with Gasteiger partial charge in [0.05, 0.1) is 6.61 Å². The Morgan fingerprint density at radius 2 is 2.00 bits per heavy atom. The summed E-state index contributed by atoms with van der Waals surface area (Å²) in [5.74, 6) is 0. The molecule has 0 spiro atoms. The number of aliphatic hydroxyl groups is 1. The molecule has 0 heterocycles. The highest BCUT2D eigenvalue weighted by Gasteiger charge is 2.14. The third-order valence-corrected chi connectivity index (χ3v) is 5.12. The minimum atomic E-state index is 0.106. The topological polar surface area (TPSA) is 20.2 Å². The van der Waals surface area contributed by atoms with Crippen LogP contribution in [0.25, 0.3) is 0 Å². The molecule has 0 radical (unpaired) electrons. The molecule has 0 saturated heterocycles. The van der Waals surface area contributed by atoms with E-state index >= 15 is 0 Å². The quantitative estimate of drug-likeness (QED) is 0.895. The van der Waals surface area contributed by atoms with Crippen molar-refractivity contribution >= 4 is 27.7 Å². The Bertz CT molecular complexity index is 348. The average molecular weight is 301 g/mol. The van der Waals surface area contributed by atoms with Gasteiger partial charge in [-0.25, -0.2) is 0 Å². The molecule has 16 heavy (non-hydrogen) atoms. The Kier molecular flexibility index (Phi) is 4.74. The van der Waals surface area contributed by atoms with E-state index in [-0.39, 0.29) is 6.61 Å². The van der Waals surface area contributed by atoms with Gasteiger partial charge in [-0.1, -0.05) is 41.3 Å². The van der Waals surface area contributed by atoms with E-state index in [1.54, 1.807) is 0 Å². The number of hydrogen-bond donors (Lipinski definition) is 1. The minimum absolute atomic E-state index is 0.106. The fourth-order valence-electron chi connectivity index (χ4n) is 2.11. The second-order valence-electron chi connectivity index (χ2n) is 4.29. The highest BCUT2D eigenvalue weighted by molar-refractivity contribution is 9.10. The average Bonchev–Trinajstić information content (AvgIpc) is 2.31. The fourth-order valence-corrected chi connectivity index (χ4v) is 4.05. The van der Waals surface area contributed by atoms with E-state index in [4.69, 9.17) is 5.11 Å². The van der Waals surface area contributed by atoms with Gasteiger partial charge in [0.25, 0.3) is 0 Å². The summed E-state index contributed by atoms with van der Waals surface area (Å²) in [4.78, 5) is 1.32. The number of rotatable bonds is 3. The van der Waals surface area contributed by atoms with Crippen LogP contribution < -0.4 is 0 Å². The zero-order valence-corrected chi connectivity index (χ0v) is 11.7. The SMILES string of the molecule is OCc1ccc(SC2CCCCC2)cc1Br. The number of aliphatic hydroxyl groups excluding tert-OH is 1. The Labute approximate surface area is 110 Å². The van der Waals surface area contributed by atoms with Gasteiger partial charge in [-0.15, -0.1) is 11.8 Å². The zero-order valence-electron chi connectivity index (χ0n) is 9.29. The molecule has 3 heteroatoms. The van der Waals surface area contributed by atoms with Crippen LogP contribution in [0.3, 0.4) is 0 Å². The molecular weight excluding hydrogens is 284 g/mol. The van der Waals surface area contributed by atoms with Crippen LogP contribution in [0, 0.1) is 0 Å². The lowest BCUT2D eigenvalue weighted by atomic mass is 10.0. The van der Waals surface area contributed by atoms with Gasteiger partial charge in [0.2, 0.25) is 0 Å². The Morgan fingerprint density at radius 3 is 2.62 bits per heavy atom. The van der Waals surface area contributed by atoms with Crippen molar-refractivity contribution < 1.29 is 5.11 Å². The number of hydrogen-bond acceptors (Lipinski definition) is 2. The smallest absolute Gasteiger partial charge is 0.0692 e. The number of benzene rings is 1. The molecule has 0 aromatic heterocycles. The molecule has 1 aromatic carbocycles. The summed E-state index contributed by atoms with van der Waals surface area (Å²) in [7, 11) is 0. The zero-order chi connectivity index (χ0) is 11.4. The van der Waals surface area contributed by atoms with Gasteiger partial charge >= 0.3 is 0 Å². The molecule has 1 N–H and O–H groups in total. The molecule has 88 valence electrons. The predicted octanol–water partition coefficient (Wildman–Crippen LogP) is 4.37. The summed E-state index contributed by atoms with van der Waals surface area (Å²) in [6, 6.07) is 6.26. The molecule has 0 atom stereocenters. The highest BCUT2D eigenvalue weighted by atomic mass is 79.9. The third-order valence-electron chi connectivity index (χ3n) is 3.05. The summed E-state index contributed by atoms with van der Waals surface area (Å²) in [5, 5.41) is 9.89. The van der Waals surface area contributed by atoms with E-state index in [1.807, 2.05) is 17.8 Å². The van der Waals surface area contributed by atoms with E-state index in [0.29, 0.717) is 0 Å². The van der Waals surface area contributed by atoms with E-state index in [2.05, 4.69) is 28.1 Å². The van der Waals surface area contributed by atoms with Gasteiger partial charge in [-0.2, -0.15) is 0 Å². The summed E-state index contributed by atoms with van der Waals surface area (Å²) in [6.45, 7) is 0.106. The van der Waals surface area contributed by atoms with Crippen molar-refractivity contribution in [3.05, 3.63) is 28.2 Å². The Balaban J connectivity index is 2.01. The van der Waals surface area contributed by atoms with Gasteiger partial charge < -0.3 is 5.11 Å². The van der Waals surface area contributed by atoms with Crippen LogP contribution in [0.1, 0.15) is 37.7 Å². The van der Waals surface area contributed by atoms with Crippen molar-refractivity contribution in [1.29, 1.82) is 0 Å². The molecule has 1 nitrogen and oxygen atoms in total. The highest BCUT2D eigenvalue weighted by Crippen LogP contribution is 2.35. The molecule has 2 rings (SSSR count). The lowest BCUT2D eigenvalue weighted by Crippen LogP contribution is -2.07.